The van der Waals surface area contributed by atoms with Crippen LogP contribution in [0.1, 0.15) is 19.8 Å². The van der Waals surface area contributed by atoms with E-state index in [4.69, 9.17) is 21.1 Å². The van der Waals surface area contributed by atoms with Crippen molar-refractivity contribution in [1.29, 1.82) is 0 Å². The van der Waals surface area contributed by atoms with Crippen LogP contribution in [0.3, 0.4) is 0 Å². The van der Waals surface area contributed by atoms with Crippen molar-refractivity contribution >= 4 is 0 Å². The van der Waals surface area contributed by atoms with Crippen LogP contribution < -0.4 is 5.73 Å². The number of rotatable bonds is 4. The van der Waals surface area contributed by atoms with Gasteiger partial charge in [-0.2, -0.15) is 0 Å². The number of aliphatic hydroxyl groups is 3. The van der Waals surface area contributed by atoms with Gasteiger partial charge in [0.25, 0.3) is 0 Å². The molecule has 0 amide bonds. The first kappa shape index (κ1) is 9.84. The summed E-state index contributed by atoms with van der Waals surface area (Å²) < 4.78 is 0. The summed E-state index contributed by atoms with van der Waals surface area (Å²) in [6, 6.07) is -0.359. The Bertz CT molecular complexity index is 85.1. The normalized spacial score (nSPS) is 17.4. The zero-order valence-electron chi connectivity index (χ0n) is 6.07. The summed E-state index contributed by atoms with van der Waals surface area (Å²) in [5.74, 6) is 0. The Labute approximate surface area is 60.3 Å². The fourth-order valence-electron chi connectivity index (χ4n) is 0.583. The second-order valence-electron chi connectivity index (χ2n) is 2.46. The van der Waals surface area contributed by atoms with Gasteiger partial charge in [-0.05, 0) is 19.8 Å². The van der Waals surface area contributed by atoms with Gasteiger partial charge < -0.3 is 21.1 Å². The van der Waals surface area contributed by atoms with Gasteiger partial charge in [0.05, 0.1) is 6.10 Å². The first-order valence-electron chi connectivity index (χ1n) is 3.34. The lowest BCUT2D eigenvalue weighted by atomic mass is 10.1. The molecular formula is C6H15NO3. The van der Waals surface area contributed by atoms with Gasteiger partial charge in [-0.15, -0.1) is 0 Å². The summed E-state index contributed by atoms with van der Waals surface area (Å²) in [6.07, 6.45) is -1.26. The second-order valence-corrected chi connectivity index (χ2v) is 2.46. The molecule has 0 spiro atoms. The Hall–Kier alpha value is -0.160. The van der Waals surface area contributed by atoms with Crippen molar-refractivity contribution in [2.24, 2.45) is 5.73 Å². The molecule has 62 valence electrons. The van der Waals surface area contributed by atoms with Crippen LogP contribution in [-0.2, 0) is 0 Å². The number of nitrogens with two attached hydrogens (primary N) is 1. The van der Waals surface area contributed by atoms with Crippen molar-refractivity contribution in [3.05, 3.63) is 0 Å². The third-order valence-electron chi connectivity index (χ3n) is 1.38. The van der Waals surface area contributed by atoms with E-state index in [1.807, 2.05) is 0 Å². The molecule has 0 fully saturated rings. The predicted molar refractivity (Wildman–Crippen MR) is 37.1 cm³/mol. The smallest absolute Gasteiger partial charge is 0.151 e. The van der Waals surface area contributed by atoms with E-state index in [9.17, 15) is 0 Å². The molecule has 0 radical (unpaired) electrons. The first-order valence-corrected chi connectivity index (χ1v) is 3.34. The van der Waals surface area contributed by atoms with Crippen molar-refractivity contribution in [2.45, 2.75) is 38.2 Å². The Morgan fingerprint density at radius 3 is 2.00 bits per heavy atom. The molecule has 10 heavy (non-hydrogen) atoms. The van der Waals surface area contributed by atoms with Gasteiger partial charge >= 0.3 is 0 Å². The summed E-state index contributed by atoms with van der Waals surface area (Å²) in [6.45, 7) is 1.58. The molecule has 0 aliphatic heterocycles. The standard InChI is InChI=1S/C6H15NO3/c1-4(8)5(7)2-3-6(9)10/h4-6,8-10H,2-3,7H2,1H3/t4?,5-/m1/s1. The van der Waals surface area contributed by atoms with Gasteiger partial charge in [-0.25, -0.2) is 0 Å². The van der Waals surface area contributed by atoms with E-state index in [1.165, 1.54) is 0 Å². The molecule has 0 aliphatic rings. The monoisotopic (exact) mass is 149 g/mol. The minimum Gasteiger partial charge on any atom is -0.392 e. The van der Waals surface area contributed by atoms with Crippen LogP contribution in [0.25, 0.3) is 0 Å². The maximum Gasteiger partial charge on any atom is 0.151 e. The van der Waals surface area contributed by atoms with E-state index in [1.54, 1.807) is 6.92 Å². The summed E-state index contributed by atoms with van der Waals surface area (Å²) in [7, 11) is 0. The second kappa shape index (κ2) is 4.62. The van der Waals surface area contributed by atoms with Crippen LogP contribution in [0, 0.1) is 0 Å². The lowest BCUT2D eigenvalue weighted by molar-refractivity contribution is -0.0490. The van der Waals surface area contributed by atoms with Crippen molar-refractivity contribution in [2.75, 3.05) is 0 Å². The van der Waals surface area contributed by atoms with Crippen LogP contribution in [0.4, 0.5) is 0 Å². The van der Waals surface area contributed by atoms with Crippen molar-refractivity contribution in [1.82, 2.24) is 0 Å². The van der Waals surface area contributed by atoms with Crippen LogP contribution in [0.2, 0.25) is 0 Å². The van der Waals surface area contributed by atoms with Gasteiger partial charge in [0.2, 0.25) is 0 Å². The topological polar surface area (TPSA) is 86.7 Å². The highest BCUT2D eigenvalue weighted by Gasteiger charge is 2.09. The van der Waals surface area contributed by atoms with Crippen molar-refractivity contribution in [3.63, 3.8) is 0 Å². The van der Waals surface area contributed by atoms with Gasteiger partial charge in [-0.3, -0.25) is 0 Å². The van der Waals surface area contributed by atoms with Gasteiger partial charge in [0.15, 0.2) is 6.29 Å². The summed E-state index contributed by atoms with van der Waals surface area (Å²) in [4.78, 5) is 0. The minimum atomic E-state index is -1.32. The third-order valence-corrected chi connectivity index (χ3v) is 1.38. The maximum atomic E-state index is 8.85. The van der Waals surface area contributed by atoms with Crippen LogP contribution in [0.5, 0.6) is 0 Å². The maximum absolute atomic E-state index is 8.85. The molecule has 0 heterocycles. The lowest BCUT2D eigenvalue weighted by Gasteiger charge is -2.14. The Kier molecular flexibility index (Phi) is 4.55. The first-order chi connectivity index (χ1) is 4.54. The molecule has 2 atom stereocenters. The number of hydrogen-bond donors (Lipinski definition) is 4. The number of aliphatic hydroxyl groups excluding tert-OH is 2. The fourth-order valence-corrected chi connectivity index (χ4v) is 0.583. The SMILES string of the molecule is CC(O)[C@H](N)CCC(O)O. The van der Waals surface area contributed by atoms with Gasteiger partial charge in [-0.1, -0.05) is 0 Å². The largest absolute Gasteiger partial charge is 0.392 e. The molecule has 5 N–H and O–H groups in total. The molecule has 0 bridgehead atoms. The zero-order chi connectivity index (χ0) is 8.15. The van der Waals surface area contributed by atoms with E-state index in [-0.39, 0.29) is 12.5 Å². The molecule has 0 saturated heterocycles. The highest BCUT2D eigenvalue weighted by Crippen LogP contribution is 2.00. The van der Waals surface area contributed by atoms with Crippen LogP contribution in [-0.4, -0.2) is 33.8 Å². The van der Waals surface area contributed by atoms with Crippen molar-refractivity contribution in [3.8, 4) is 0 Å². The Morgan fingerprint density at radius 2 is 1.70 bits per heavy atom. The highest BCUT2D eigenvalue weighted by atomic mass is 16.5. The molecule has 4 nitrogen and oxygen atoms in total. The summed E-state index contributed by atoms with van der Waals surface area (Å²) >= 11 is 0. The Balaban J connectivity index is 3.30. The molecule has 0 aromatic heterocycles. The third kappa shape index (κ3) is 4.69. The van der Waals surface area contributed by atoms with Gasteiger partial charge in [0.1, 0.15) is 0 Å². The molecule has 0 rings (SSSR count). The fraction of sp³-hybridized carbons (Fsp3) is 1.00. The van der Waals surface area contributed by atoms with Crippen LogP contribution >= 0.6 is 0 Å². The van der Waals surface area contributed by atoms with E-state index in [2.05, 4.69) is 0 Å². The average Bonchev–Trinajstić information content (AvgIpc) is 1.82. The molecule has 4 heteroatoms. The molecule has 1 unspecified atom stereocenters. The van der Waals surface area contributed by atoms with E-state index >= 15 is 0 Å². The minimum absolute atomic E-state index is 0.214. The molecule has 0 aromatic rings. The average molecular weight is 149 g/mol. The predicted octanol–water partition coefficient (Wildman–Crippen LogP) is -1.21. The quantitative estimate of drug-likeness (QED) is 0.378. The molecule has 0 aliphatic carbocycles. The number of hydrogen-bond acceptors (Lipinski definition) is 4. The zero-order valence-corrected chi connectivity index (χ0v) is 6.07. The molecule has 0 saturated carbocycles. The van der Waals surface area contributed by atoms with Crippen molar-refractivity contribution < 1.29 is 15.3 Å². The summed E-state index contributed by atoms with van der Waals surface area (Å²) in [5.41, 5.74) is 5.39. The van der Waals surface area contributed by atoms with Gasteiger partial charge in [0, 0.05) is 6.04 Å². The highest BCUT2D eigenvalue weighted by molar-refractivity contribution is 4.66. The summed E-state index contributed by atoms with van der Waals surface area (Å²) in [5, 5.41) is 25.6. The van der Waals surface area contributed by atoms with E-state index < -0.39 is 12.4 Å². The molecular weight excluding hydrogens is 134 g/mol. The lowest BCUT2D eigenvalue weighted by Crippen LogP contribution is -2.33. The molecule has 0 aromatic carbocycles. The van der Waals surface area contributed by atoms with E-state index in [0.717, 1.165) is 0 Å². The van der Waals surface area contributed by atoms with E-state index in [0.29, 0.717) is 6.42 Å². The van der Waals surface area contributed by atoms with Crippen LogP contribution in [0.15, 0.2) is 0 Å². The Morgan fingerprint density at radius 1 is 1.20 bits per heavy atom.